The molecule has 2 N–H and O–H groups in total. The van der Waals surface area contributed by atoms with Crippen molar-refractivity contribution in [2.75, 3.05) is 31.8 Å². The van der Waals surface area contributed by atoms with Crippen LogP contribution in [0.4, 0.5) is 5.69 Å². The maximum atomic E-state index is 12.8. The minimum Gasteiger partial charge on any atom is -0.497 e. The number of aromatic nitrogens is 2. The van der Waals surface area contributed by atoms with Gasteiger partial charge in [-0.2, -0.15) is 0 Å². The minimum atomic E-state index is -0.254. The first kappa shape index (κ1) is 24.1. The molecule has 0 bridgehead atoms. The lowest BCUT2D eigenvalue weighted by atomic mass is 10.1. The van der Waals surface area contributed by atoms with E-state index in [9.17, 15) is 9.59 Å². The lowest BCUT2D eigenvalue weighted by Crippen LogP contribution is -2.35. The Morgan fingerprint density at radius 1 is 1.24 bits per heavy atom. The van der Waals surface area contributed by atoms with Crippen LogP contribution in [0.3, 0.4) is 0 Å². The Morgan fingerprint density at radius 3 is 2.88 bits per heavy atom. The van der Waals surface area contributed by atoms with E-state index in [2.05, 4.69) is 20.2 Å². The first-order chi connectivity index (χ1) is 16.4. The second kappa shape index (κ2) is 10.9. The molecule has 0 saturated carbocycles. The number of halogens is 1. The van der Waals surface area contributed by atoms with Gasteiger partial charge >= 0.3 is 0 Å². The van der Waals surface area contributed by atoms with E-state index in [4.69, 9.17) is 21.1 Å². The highest BCUT2D eigenvalue weighted by Gasteiger charge is 2.22. The highest BCUT2D eigenvalue weighted by atomic mass is 35.5. The highest BCUT2D eigenvalue weighted by Crippen LogP contribution is 2.28. The largest absolute Gasteiger partial charge is 0.497 e. The number of H-pyrrole nitrogens is 1. The third-order valence-corrected chi connectivity index (χ3v) is 6.55. The van der Waals surface area contributed by atoms with Crippen molar-refractivity contribution in [1.82, 2.24) is 14.9 Å². The normalized spacial score (nSPS) is 13.3. The average molecular weight is 501 g/mol. The Balaban J connectivity index is 1.38. The zero-order chi connectivity index (χ0) is 24.1. The van der Waals surface area contributed by atoms with E-state index in [1.54, 1.807) is 25.3 Å². The molecule has 1 aliphatic rings. The predicted octanol–water partition coefficient (Wildman–Crippen LogP) is 3.73. The number of thioether (sulfide) groups is 1. The Bertz CT molecular complexity index is 1250. The molecule has 8 nitrogen and oxygen atoms in total. The molecule has 0 fully saturated rings. The van der Waals surface area contributed by atoms with Crippen molar-refractivity contribution in [3.8, 4) is 11.5 Å². The molecule has 2 heterocycles. The van der Waals surface area contributed by atoms with Crippen LogP contribution in [0.5, 0.6) is 11.5 Å². The number of ether oxygens (including phenoxy) is 2. The van der Waals surface area contributed by atoms with E-state index in [0.717, 1.165) is 30.1 Å². The van der Waals surface area contributed by atoms with Crippen LogP contribution in [0, 0.1) is 0 Å². The van der Waals surface area contributed by atoms with Crippen LogP contribution >= 0.6 is 23.4 Å². The summed E-state index contributed by atoms with van der Waals surface area (Å²) in [7, 11) is 3.17. The van der Waals surface area contributed by atoms with Crippen molar-refractivity contribution in [2.45, 2.75) is 24.7 Å². The molecule has 10 heteroatoms. The van der Waals surface area contributed by atoms with E-state index in [1.165, 1.54) is 18.9 Å². The lowest BCUT2D eigenvalue weighted by Gasteiger charge is -2.27. The van der Waals surface area contributed by atoms with Crippen LogP contribution in [0.25, 0.3) is 0 Å². The molecule has 3 aromatic rings. The van der Waals surface area contributed by atoms with Crippen LogP contribution in [-0.4, -0.2) is 47.3 Å². The fourth-order valence-electron chi connectivity index (χ4n) is 3.79. The van der Waals surface area contributed by atoms with Crippen molar-refractivity contribution in [3.05, 3.63) is 74.7 Å². The number of anilines is 1. The summed E-state index contributed by atoms with van der Waals surface area (Å²) < 4.78 is 10.5. The molecular weight excluding hydrogens is 476 g/mol. The number of carbonyl (C=O) groups excluding carboxylic acids is 1. The number of rotatable bonds is 8. The fraction of sp³-hybridized carbons (Fsp3) is 0.292. The summed E-state index contributed by atoms with van der Waals surface area (Å²) in [4.78, 5) is 34.8. The van der Waals surface area contributed by atoms with Gasteiger partial charge in [-0.25, -0.2) is 4.98 Å². The molecule has 1 aromatic heterocycles. The third-order valence-electron chi connectivity index (χ3n) is 5.44. The van der Waals surface area contributed by atoms with Gasteiger partial charge in [0.05, 0.1) is 36.9 Å². The number of hydrogen-bond acceptors (Lipinski definition) is 7. The number of carbonyl (C=O) groups is 1. The average Bonchev–Trinajstić information content (AvgIpc) is 2.83. The Morgan fingerprint density at radius 2 is 2.09 bits per heavy atom. The van der Waals surface area contributed by atoms with Gasteiger partial charge in [-0.3, -0.25) is 14.5 Å². The Labute approximate surface area is 206 Å². The molecule has 0 aliphatic carbocycles. The summed E-state index contributed by atoms with van der Waals surface area (Å²) >= 11 is 7.19. The van der Waals surface area contributed by atoms with Crippen LogP contribution in [0.15, 0.2) is 52.4 Å². The monoisotopic (exact) mass is 500 g/mol. The number of amides is 1. The second-order valence-corrected chi connectivity index (χ2v) is 9.19. The SMILES string of the molecule is COc1cccc(CN2CCc3nc(SCC(=O)Nc4cc(Cl)ccc4OC)[nH]c(=O)c3C2)c1. The molecule has 1 amide bonds. The summed E-state index contributed by atoms with van der Waals surface area (Å²) in [6.07, 6.45) is 0.669. The van der Waals surface area contributed by atoms with Crippen LogP contribution in [0.1, 0.15) is 16.8 Å². The third kappa shape index (κ3) is 5.91. The highest BCUT2D eigenvalue weighted by molar-refractivity contribution is 7.99. The predicted molar refractivity (Wildman–Crippen MR) is 133 cm³/mol. The van der Waals surface area contributed by atoms with Gasteiger partial charge in [-0.1, -0.05) is 35.5 Å². The molecule has 1 aliphatic heterocycles. The standard InChI is InChI=1S/C24H25ClN4O4S/c1-32-17-5-3-4-15(10-17)12-29-9-8-19-18(13-29)23(31)28-24(27-19)34-14-22(30)26-20-11-16(25)6-7-21(20)33-2/h3-7,10-11H,8-9,12-14H2,1-2H3,(H,26,30)(H,27,28,31). The first-order valence-electron chi connectivity index (χ1n) is 10.7. The number of methoxy groups -OCH3 is 2. The Kier molecular flexibility index (Phi) is 7.77. The summed E-state index contributed by atoms with van der Waals surface area (Å²) in [5.41, 5.74) is 2.90. The molecule has 2 aromatic carbocycles. The lowest BCUT2D eigenvalue weighted by molar-refractivity contribution is -0.113. The maximum absolute atomic E-state index is 12.8. The van der Waals surface area contributed by atoms with Crippen LogP contribution in [0.2, 0.25) is 5.02 Å². The van der Waals surface area contributed by atoms with Crippen molar-refractivity contribution < 1.29 is 14.3 Å². The quantitative estimate of drug-likeness (QED) is 0.359. The van der Waals surface area contributed by atoms with Gasteiger partial charge in [0.15, 0.2) is 5.16 Å². The van der Waals surface area contributed by atoms with E-state index in [0.29, 0.717) is 40.1 Å². The van der Waals surface area contributed by atoms with Gasteiger partial charge in [-0.15, -0.1) is 0 Å². The van der Waals surface area contributed by atoms with Gasteiger partial charge in [0, 0.05) is 31.1 Å². The second-order valence-electron chi connectivity index (χ2n) is 7.79. The molecule has 0 spiro atoms. The van der Waals surface area contributed by atoms with E-state index in [1.807, 2.05) is 24.3 Å². The zero-order valence-electron chi connectivity index (χ0n) is 18.9. The first-order valence-corrected chi connectivity index (χ1v) is 12.0. The molecule has 0 atom stereocenters. The van der Waals surface area contributed by atoms with Gasteiger partial charge in [0.1, 0.15) is 11.5 Å². The van der Waals surface area contributed by atoms with Crippen molar-refractivity contribution in [1.29, 1.82) is 0 Å². The topological polar surface area (TPSA) is 96.5 Å². The number of nitrogens with zero attached hydrogens (tertiary/aromatic N) is 2. The fourth-order valence-corrected chi connectivity index (χ4v) is 4.64. The summed E-state index contributed by atoms with van der Waals surface area (Å²) in [5.74, 6) is 1.16. The van der Waals surface area contributed by atoms with Crippen molar-refractivity contribution in [3.63, 3.8) is 0 Å². The number of fused-ring (bicyclic) bond motifs is 1. The Hall–Kier alpha value is -3.01. The number of aromatic amines is 1. The molecular formula is C24H25ClN4O4S. The van der Waals surface area contributed by atoms with Gasteiger partial charge < -0.3 is 19.8 Å². The minimum absolute atomic E-state index is 0.0827. The molecule has 0 unspecified atom stereocenters. The van der Waals surface area contributed by atoms with Gasteiger partial charge in [-0.05, 0) is 35.9 Å². The molecule has 34 heavy (non-hydrogen) atoms. The molecule has 4 rings (SSSR count). The van der Waals surface area contributed by atoms with E-state index in [-0.39, 0.29) is 17.2 Å². The van der Waals surface area contributed by atoms with E-state index >= 15 is 0 Å². The van der Waals surface area contributed by atoms with Crippen molar-refractivity contribution in [2.24, 2.45) is 0 Å². The molecule has 178 valence electrons. The summed E-state index contributed by atoms with van der Waals surface area (Å²) in [6, 6.07) is 12.9. The molecule has 0 saturated heterocycles. The number of nitrogens with one attached hydrogen (secondary N) is 2. The maximum Gasteiger partial charge on any atom is 0.256 e. The summed E-state index contributed by atoms with van der Waals surface area (Å²) in [6.45, 7) is 2.04. The van der Waals surface area contributed by atoms with Crippen LogP contribution in [-0.2, 0) is 24.3 Å². The van der Waals surface area contributed by atoms with Gasteiger partial charge in [0.2, 0.25) is 5.91 Å². The van der Waals surface area contributed by atoms with Gasteiger partial charge in [0.25, 0.3) is 5.56 Å². The van der Waals surface area contributed by atoms with Crippen molar-refractivity contribution >= 4 is 35.0 Å². The number of benzene rings is 2. The summed E-state index contributed by atoms with van der Waals surface area (Å²) in [5, 5.41) is 3.70. The number of hydrogen-bond donors (Lipinski definition) is 2. The molecule has 0 radical (unpaired) electrons. The smallest absolute Gasteiger partial charge is 0.256 e. The van der Waals surface area contributed by atoms with Crippen LogP contribution < -0.4 is 20.3 Å². The van der Waals surface area contributed by atoms with E-state index < -0.39 is 0 Å². The zero-order valence-corrected chi connectivity index (χ0v) is 20.5.